The molecule has 0 aliphatic carbocycles. The number of carbonyl (C=O) groups excluding carboxylic acids is 2. The molecule has 2 amide bonds. The van der Waals surface area contributed by atoms with E-state index in [1.807, 2.05) is 6.92 Å². The van der Waals surface area contributed by atoms with E-state index in [0.29, 0.717) is 30.4 Å². The molecule has 2 aliphatic heterocycles. The van der Waals surface area contributed by atoms with E-state index in [0.717, 1.165) is 45.3 Å². The molecule has 0 saturated carbocycles. The van der Waals surface area contributed by atoms with Crippen LogP contribution in [-0.2, 0) is 16.0 Å². The van der Waals surface area contributed by atoms with Gasteiger partial charge in [-0.25, -0.2) is 4.63 Å². The molecule has 1 atom stereocenters. The van der Waals surface area contributed by atoms with Crippen LogP contribution in [0, 0.1) is 18.3 Å². The van der Waals surface area contributed by atoms with Crippen LogP contribution in [0.5, 0.6) is 0 Å². The van der Waals surface area contributed by atoms with Crippen LogP contribution in [0.1, 0.15) is 44.0 Å². The second kappa shape index (κ2) is 8.37. The monoisotopic (exact) mass is 377 g/mol. The summed E-state index contributed by atoms with van der Waals surface area (Å²) >= 11 is 0. The van der Waals surface area contributed by atoms with Gasteiger partial charge in [-0.15, -0.1) is 0 Å². The second-order valence-electron chi connectivity index (χ2n) is 8.41. The smallest absolute Gasteiger partial charge is 0.228 e. The molecule has 2 fully saturated rings. The van der Waals surface area contributed by atoms with Gasteiger partial charge < -0.3 is 15.1 Å². The van der Waals surface area contributed by atoms with Crippen LogP contribution in [0.15, 0.2) is 4.63 Å². The van der Waals surface area contributed by atoms with Gasteiger partial charge in [0.25, 0.3) is 0 Å². The highest BCUT2D eigenvalue weighted by atomic mass is 16.6. The Bertz CT molecular complexity index is 668. The SMILES string of the molecule is Cc1nonc1CC(=O)N1CCC[C@@](C)(C(=O)NCC2CCN(C)CC2)C1. The van der Waals surface area contributed by atoms with Crippen molar-refractivity contribution in [1.82, 2.24) is 25.4 Å². The molecule has 8 heteroatoms. The van der Waals surface area contributed by atoms with Crippen LogP contribution in [0.4, 0.5) is 0 Å². The Labute approximate surface area is 160 Å². The van der Waals surface area contributed by atoms with E-state index in [9.17, 15) is 9.59 Å². The van der Waals surface area contributed by atoms with Gasteiger partial charge in [0.2, 0.25) is 11.8 Å². The van der Waals surface area contributed by atoms with Crippen LogP contribution < -0.4 is 5.32 Å². The Balaban J connectivity index is 1.52. The fourth-order valence-electron chi connectivity index (χ4n) is 4.02. The topological polar surface area (TPSA) is 91.6 Å². The number of hydrogen-bond donors (Lipinski definition) is 1. The van der Waals surface area contributed by atoms with Gasteiger partial charge in [-0.3, -0.25) is 9.59 Å². The zero-order valence-corrected chi connectivity index (χ0v) is 16.7. The Kier molecular flexibility index (Phi) is 6.14. The third-order valence-corrected chi connectivity index (χ3v) is 6.05. The van der Waals surface area contributed by atoms with Gasteiger partial charge in [0, 0.05) is 19.6 Å². The van der Waals surface area contributed by atoms with Gasteiger partial charge in [0.05, 0.1) is 11.8 Å². The number of carbonyl (C=O) groups is 2. The quantitative estimate of drug-likeness (QED) is 0.823. The van der Waals surface area contributed by atoms with E-state index in [-0.39, 0.29) is 18.2 Å². The van der Waals surface area contributed by atoms with Crippen molar-refractivity contribution < 1.29 is 14.2 Å². The summed E-state index contributed by atoms with van der Waals surface area (Å²) in [5.74, 6) is 0.596. The first kappa shape index (κ1) is 19.8. The van der Waals surface area contributed by atoms with Gasteiger partial charge in [0.15, 0.2) is 0 Å². The molecule has 3 heterocycles. The molecule has 150 valence electrons. The number of nitrogens with one attached hydrogen (secondary N) is 1. The number of amides is 2. The maximum absolute atomic E-state index is 12.9. The van der Waals surface area contributed by atoms with Crippen LogP contribution in [0.25, 0.3) is 0 Å². The number of nitrogens with zero attached hydrogens (tertiary/aromatic N) is 4. The highest BCUT2D eigenvalue weighted by Gasteiger charge is 2.39. The van der Waals surface area contributed by atoms with Crippen LogP contribution >= 0.6 is 0 Å². The zero-order chi connectivity index (χ0) is 19.4. The van der Waals surface area contributed by atoms with E-state index in [1.54, 1.807) is 11.8 Å². The molecule has 0 bridgehead atoms. The van der Waals surface area contributed by atoms with Crippen molar-refractivity contribution in [2.45, 2.75) is 46.0 Å². The van der Waals surface area contributed by atoms with Crippen molar-refractivity contribution >= 4 is 11.8 Å². The summed E-state index contributed by atoms with van der Waals surface area (Å²) in [6.07, 6.45) is 4.06. The Morgan fingerprint density at radius 1 is 1.26 bits per heavy atom. The predicted molar refractivity (Wildman–Crippen MR) is 99.9 cm³/mol. The molecule has 27 heavy (non-hydrogen) atoms. The molecule has 0 radical (unpaired) electrons. The van der Waals surface area contributed by atoms with Gasteiger partial charge >= 0.3 is 0 Å². The summed E-state index contributed by atoms with van der Waals surface area (Å²) in [5, 5.41) is 10.7. The third kappa shape index (κ3) is 4.86. The highest BCUT2D eigenvalue weighted by Crippen LogP contribution is 2.30. The molecule has 0 aromatic carbocycles. The zero-order valence-electron chi connectivity index (χ0n) is 16.7. The Hall–Kier alpha value is -1.96. The van der Waals surface area contributed by atoms with Crippen molar-refractivity contribution in [3.05, 3.63) is 11.4 Å². The van der Waals surface area contributed by atoms with Crippen LogP contribution in [0.3, 0.4) is 0 Å². The maximum atomic E-state index is 12.9. The first-order chi connectivity index (χ1) is 12.9. The number of likely N-dealkylation sites (tertiary alicyclic amines) is 2. The summed E-state index contributed by atoms with van der Waals surface area (Å²) in [7, 11) is 2.14. The lowest BCUT2D eigenvalue weighted by Gasteiger charge is -2.39. The summed E-state index contributed by atoms with van der Waals surface area (Å²) in [6.45, 7) is 7.80. The average Bonchev–Trinajstić information content (AvgIpc) is 3.05. The number of piperidine rings is 2. The van der Waals surface area contributed by atoms with Crippen molar-refractivity contribution in [2.24, 2.45) is 11.3 Å². The minimum absolute atomic E-state index is 0.0251. The van der Waals surface area contributed by atoms with E-state index in [2.05, 4.69) is 32.2 Å². The molecule has 2 saturated heterocycles. The van der Waals surface area contributed by atoms with Gasteiger partial charge in [0.1, 0.15) is 11.4 Å². The second-order valence-corrected chi connectivity index (χ2v) is 8.41. The molecule has 2 aliphatic rings. The van der Waals surface area contributed by atoms with Gasteiger partial charge in [-0.2, -0.15) is 0 Å². The first-order valence-electron chi connectivity index (χ1n) is 9.90. The average molecular weight is 377 g/mol. The van der Waals surface area contributed by atoms with Crippen molar-refractivity contribution in [3.63, 3.8) is 0 Å². The Morgan fingerprint density at radius 2 is 2.00 bits per heavy atom. The van der Waals surface area contributed by atoms with Crippen molar-refractivity contribution in [3.8, 4) is 0 Å². The minimum Gasteiger partial charge on any atom is -0.355 e. The molecular weight excluding hydrogens is 346 g/mol. The lowest BCUT2D eigenvalue weighted by atomic mass is 9.80. The lowest BCUT2D eigenvalue weighted by molar-refractivity contribution is -0.140. The molecule has 1 N–H and O–H groups in total. The summed E-state index contributed by atoms with van der Waals surface area (Å²) < 4.78 is 4.67. The molecule has 0 unspecified atom stereocenters. The van der Waals surface area contributed by atoms with Gasteiger partial charge in [-0.05, 0) is 65.6 Å². The summed E-state index contributed by atoms with van der Waals surface area (Å²) in [5.41, 5.74) is 0.675. The van der Waals surface area contributed by atoms with E-state index in [1.165, 1.54) is 0 Å². The number of aryl methyl sites for hydroxylation is 1. The molecule has 3 rings (SSSR count). The lowest BCUT2D eigenvalue weighted by Crippen LogP contribution is -2.53. The normalized spacial score (nSPS) is 24.8. The number of hydrogen-bond acceptors (Lipinski definition) is 6. The van der Waals surface area contributed by atoms with Crippen LogP contribution in [-0.4, -0.2) is 71.7 Å². The largest absolute Gasteiger partial charge is 0.355 e. The maximum Gasteiger partial charge on any atom is 0.228 e. The molecular formula is C19H31N5O3. The fraction of sp³-hybridized carbons (Fsp3) is 0.789. The van der Waals surface area contributed by atoms with Crippen LogP contribution in [0.2, 0.25) is 0 Å². The van der Waals surface area contributed by atoms with Crippen molar-refractivity contribution in [2.75, 3.05) is 39.8 Å². The molecule has 1 aromatic heterocycles. The van der Waals surface area contributed by atoms with E-state index in [4.69, 9.17) is 0 Å². The fourth-order valence-corrected chi connectivity index (χ4v) is 4.02. The Morgan fingerprint density at radius 3 is 2.67 bits per heavy atom. The minimum atomic E-state index is -0.531. The van der Waals surface area contributed by atoms with E-state index >= 15 is 0 Å². The standard InChI is InChI=1S/C19H31N5O3/c1-14-16(22-27-21-14)11-17(25)24-8-4-7-19(2,13-24)18(26)20-12-15-5-9-23(3)10-6-15/h15H,4-13H2,1-3H3,(H,20,26)/t19-/m1/s1. The highest BCUT2D eigenvalue weighted by molar-refractivity contribution is 5.84. The third-order valence-electron chi connectivity index (χ3n) is 6.05. The summed E-state index contributed by atoms with van der Waals surface area (Å²) in [4.78, 5) is 29.6. The molecule has 8 nitrogen and oxygen atoms in total. The van der Waals surface area contributed by atoms with Crippen molar-refractivity contribution in [1.29, 1.82) is 0 Å². The van der Waals surface area contributed by atoms with Gasteiger partial charge in [-0.1, -0.05) is 10.3 Å². The number of aromatic nitrogens is 2. The first-order valence-corrected chi connectivity index (χ1v) is 9.90. The molecule has 1 aromatic rings. The van der Waals surface area contributed by atoms with E-state index < -0.39 is 5.41 Å². The summed E-state index contributed by atoms with van der Waals surface area (Å²) in [6, 6.07) is 0. The number of rotatable bonds is 5. The molecule has 0 spiro atoms. The predicted octanol–water partition coefficient (Wildman–Crippen LogP) is 1.01.